The van der Waals surface area contributed by atoms with Crippen LogP contribution < -0.4 is 14.8 Å². The van der Waals surface area contributed by atoms with Crippen molar-refractivity contribution in [3.63, 3.8) is 0 Å². The van der Waals surface area contributed by atoms with Crippen LogP contribution in [-0.4, -0.2) is 31.6 Å². The molecule has 1 aliphatic rings. The molecule has 0 spiro atoms. The normalized spacial score (nSPS) is 13.1. The molecule has 5 heteroatoms. The molecule has 94 valence electrons. The van der Waals surface area contributed by atoms with Crippen molar-refractivity contribution in [1.29, 1.82) is 0 Å². The van der Waals surface area contributed by atoms with Gasteiger partial charge in [-0.1, -0.05) is 15.9 Å². The van der Waals surface area contributed by atoms with Gasteiger partial charge in [-0.15, -0.1) is 0 Å². The molecule has 0 fully saturated rings. The van der Waals surface area contributed by atoms with Gasteiger partial charge in [0.25, 0.3) is 0 Å². The third-order valence-corrected chi connectivity index (χ3v) is 3.37. The molecule has 0 atom stereocenters. The fraction of sp³-hybridized carbons (Fsp3) is 0.500. The lowest BCUT2D eigenvalue weighted by atomic mass is 10.1. The van der Waals surface area contributed by atoms with Gasteiger partial charge in [0.1, 0.15) is 0 Å². The van der Waals surface area contributed by atoms with Gasteiger partial charge in [0.2, 0.25) is 6.79 Å². The molecule has 2 N–H and O–H groups in total. The van der Waals surface area contributed by atoms with Crippen molar-refractivity contribution in [2.24, 2.45) is 0 Å². The van der Waals surface area contributed by atoms with Gasteiger partial charge in [-0.25, -0.2) is 0 Å². The molecule has 17 heavy (non-hydrogen) atoms. The monoisotopic (exact) mass is 301 g/mol. The number of fused-ring (bicyclic) bond motifs is 1. The number of hydrogen-bond acceptors (Lipinski definition) is 4. The molecule has 1 aromatic rings. The molecule has 0 saturated heterocycles. The molecule has 0 saturated carbocycles. The highest BCUT2D eigenvalue weighted by Gasteiger charge is 2.15. The van der Waals surface area contributed by atoms with Gasteiger partial charge >= 0.3 is 0 Å². The largest absolute Gasteiger partial charge is 0.454 e. The van der Waals surface area contributed by atoms with E-state index in [4.69, 9.17) is 14.6 Å². The Morgan fingerprint density at radius 1 is 1.24 bits per heavy atom. The molecule has 4 nitrogen and oxygen atoms in total. The lowest BCUT2D eigenvalue weighted by Gasteiger charge is -2.07. The lowest BCUT2D eigenvalue weighted by molar-refractivity contribution is 0.174. The van der Waals surface area contributed by atoms with E-state index in [0.29, 0.717) is 13.3 Å². The summed E-state index contributed by atoms with van der Waals surface area (Å²) >= 11 is 3.54. The second-order valence-electron chi connectivity index (χ2n) is 3.87. The van der Waals surface area contributed by atoms with Crippen LogP contribution in [0.2, 0.25) is 0 Å². The Labute approximate surface area is 109 Å². The number of nitrogens with one attached hydrogen (secondary N) is 1. The summed E-state index contributed by atoms with van der Waals surface area (Å²) in [5.74, 6) is 1.63. The number of halogens is 1. The van der Waals surface area contributed by atoms with Gasteiger partial charge in [0.15, 0.2) is 11.5 Å². The third kappa shape index (κ3) is 3.34. The molecule has 0 radical (unpaired) electrons. The highest BCUT2D eigenvalue weighted by atomic mass is 79.9. The molecule has 0 amide bonds. The number of aryl methyl sites for hydroxylation is 1. The quantitative estimate of drug-likeness (QED) is 0.785. The van der Waals surface area contributed by atoms with Crippen LogP contribution >= 0.6 is 15.9 Å². The van der Waals surface area contributed by atoms with E-state index in [0.717, 1.165) is 35.4 Å². The standard InChI is InChI=1S/C12H16BrNO3/c13-10-7-12-11(16-8-17-12)6-9(10)2-1-3-14-4-5-15/h6-7,14-15H,1-5,8H2. The van der Waals surface area contributed by atoms with Crippen molar-refractivity contribution < 1.29 is 14.6 Å². The summed E-state index contributed by atoms with van der Waals surface area (Å²) in [7, 11) is 0. The summed E-state index contributed by atoms with van der Waals surface area (Å²) in [6, 6.07) is 3.98. The number of aliphatic hydroxyl groups excluding tert-OH is 1. The first kappa shape index (κ1) is 12.7. The number of aliphatic hydroxyl groups is 1. The highest BCUT2D eigenvalue weighted by molar-refractivity contribution is 9.10. The summed E-state index contributed by atoms with van der Waals surface area (Å²) in [4.78, 5) is 0. The Hall–Kier alpha value is -0.780. The predicted octanol–water partition coefficient (Wildman–Crippen LogP) is 1.69. The van der Waals surface area contributed by atoms with Crippen LogP contribution in [0.4, 0.5) is 0 Å². The molecule has 0 aromatic heterocycles. The first-order chi connectivity index (χ1) is 8.31. The van der Waals surface area contributed by atoms with Crippen molar-refractivity contribution in [1.82, 2.24) is 5.32 Å². The zero-order valence-corrected chi connectivity index (χ0v) is 11.1. The van der Waals surface area contributed by atoms with Crippen molar-refractivity contribution in [3.05, 3.63) is 22.2 Å². The topological polar surface area (TPSA) is 50.7 Å². The molecule has 2 rings (SSSR count). The zero-order chi connectivity index (χ0) is 12.1. The van der Waals surface area contributed by atoms with Crippen LogP contribution in [0.1, 0.15) is 12.0 Å². The maximum absolute atomic E-state index is 8.63. The van der Waals surface area contributed by atoms with E-state index in [-0.39, 0.29) is 6.61 Å². The Kier molecular flexibility index (Phi) is 4.65. The van der Waals surface area contributed by atoms with Crippen LogP contribution in [0.15, 0.2) is 16.6 Å². The summed E-state index contributed by atoms with van der Waals surface area (Å²) in [6.07, 6.45) is 1.99. The predicted molar refractivity (Wildman–Crippen MR) is 68.5 cm³/mol. The fourth-order valence-electron chi connectivity index (χ4n) is 1.76. The first-order valence-electron chi connectivity index (χ1n) is 5.71. The molecular weight excluding hydrogens is 286 g/mol. The average molecular weight is 302 g/mol. The molecule has 0 aliphatic carbocycles. The number of ether oxygens (including phenoxy) is 2. The Bertz CT molecular complexity index is 384. The van der Waals surface area contributed by atoms with E-state index in [1.807, 2.05) is 12.1 Å². The third-order valence-electron chi connectivity index (χ3n) is 2.63. The van der Waals surface area contributed by atoms with Crippen LogP contribution in [0.3, 0.4) is 0 Å². The molecule has 0 unspecified atom stereocenters. The summed E-state index contributed by atoms with van der Waals surface area (Å²) < 4.78 is 11.7. The first-order valence-corrected chi connectivity index (χ1v) is 6.50. The van der Waals surface area contributed by atoms with Crippen LogP contribution in [0, 0.1) is 0 Å². The average Bonchev–Trinajstić information content (AvgIpc) is 2.76. The lowest BCUT2D eigenvalue weighted by Crippen LogP contribution is -2.19. The van der Waals surface area contributed by atoms with Gasteiger partial charge in [-0.3, -0.25) is 0 Å². The number of rotatable bonds is 6. The van der Waals surface area contributed by atoms with Gasteiger partial charge in [-0.05, 0) is 37.1 Å². The van der Waals surface area contributed by atoms with Gasteiger partial charge < -0.3 is 19.9 Å². The Morgan fingerprint density at radius 2 is 2.00 bits per heavy atom. The summed E-state index contributed by atoms with van der Waals surface area (Å²) in [5.41, 5.74) is 1.22. The molecular formula is C12H16BrNO3. The Balaban J connectivity index is 1.88. The Morgan fingerprint density at radius 3 is 2.76 bits per heavy atom. The van der Waals surface area contributed by atoms with Gasteiger partial charge in [-0.2, -0.15) is 0 Å². The van der Waals surface area contributed by atoms with Crippen LogP contribution in [0.5, 0.6) is 11.5 Å². The molecule has 1 aromatic carbocycles. The van der Waals surface area contributed by atoms with Crippen molar-refractivity contribution in [2.75, 3.05) is 26.5 Å². The minimum Gasteiger partial charge on any atom is -0.454 e. The second-order valence-corrected chi connectivity index (χ2v) is 4.73. The van der Waals surface area contributed by atoms with E-state index in [2.05, 4.69) is 21.2 Å². The fourth-order valence-corrected chi connectivity index (χ4v) is 2.28. The zero-order valence-electron chi connectivity index (χ0n) is 9.54. The smallest absolute Gasteiger partial charge is 0.231 e. The SMILES string of the molecule is OCCNCCCc1cc2c(cc1Br)OCO2. The van der Waals surface area contributed by atoms with Gasteiger partial charge in [0, 0.05) is 11.0 Å². The second kappa shape index (κ2) is 6.23. The highest BCUT2D eigenvalue weighted by Crippen LogP contribution is 2.37. The van der Waals surface area contributed by atoms with Crippen LogP contribution in [0.25, 0.3) is 0 Å². The van der Waals surface area contributed by atoms with Crippen molar-refractivity contribution >= 4 is 15.9 Å². The molecule has 1 aliphatic heterocycles. The number of benzene rings is 1. The maximum atomic E-state index is 8.63. The maximum Gasteiger partial charge on any atom is 0.231 e. The van der Waals surface area contributed by atoms with Crippen LogP contribution in [-0.2, 0) is 6.42 Å². The summed E-state index contributed by atoms with van der Waals surface area (Å²) in [5, 5.41) is 11.8. The van der Waals surface area contributed by atoms with Crippen molar-refractivity contribution in [2.45, 2.75) is 12.8 Å². The minimum absolute atomic E-state index is 0.188. The van der Waals surface area contributed by atoms with E-state index in [9.17, 15) is 0 Å². The van der Waals surface area contributed by atoms with E-state index >= 15 is 0 Å². The van der Waals surface area contributed by atoms with Gasteiger partial charge in [0.05, 0.1) is 6.61 Å². The van der Waals surface area contributed by atoms with E-state index in [1.54, 1.807) is 0 Å². The molecule has 1 heterocycles. The van der Waals surface area contributed by atoms with E-state index in [1.165, 1.54) is 5.56 Å². The number of hydrogen-bond donors (Lipinski definition) is 2. The van der Waals surface area contributed by atoms with E-state index < -0.39 is 0 Å². The minimum atomic E-state index is 0.188. The molecule has 0 bridgehead atoms. The summed E-state index contributed by atoms with van der Waals surface area (Å²) in [6.45, 7) is 2.06. The van der Waals surface area contributed by atoms with Crippen molar-refractivity contribution in [3.8, 4) is 11.5 Å².